The lowest BCUT2D eigenvalue weighted by atomic mass is 10.0. The first-order valence-corrected chi connectivity index (χ1v) is 14.0. The van der Waals surface area contributed by atoms with Crippen LogP contribution in [0.1, 0.15) is 57.4 Å². The Morgan fingerprint density at radius 1 is 0.978 bits per heavy atom. The molecule has 2 aromatic carbocycles. The molecule has 0 aliphatic heterocycles. The standard InChI is InChI=1S/C31H36F3N5O7/c1-29(2,3)46-28(44)38-30(4,5)27(43)36-22(17-45-16-19-10-7-6-8-11-19)25(40)37-23-15-39(18-35-23)24(26(41)42)20-12-9-13-21(14-20)31(32,33)34/h6-15,18,22,24H,16-17H2,1-5H3,(H,36,43)(H,37,40)(H,38,44)(H,41,42). The molecule has 15 heteroatoms. The number of anilines is 1. The first-order chi connectivity index (χ1) is 21.4. The highest BCUT2D eigenvalue weighted by Crippen LogP contribution is 2.32. The molecule has 2 atom stereocenters. The van der Waals surface area contributed by atoms with Crippen molar-refractivity contribution in [2.75, 3.05) is 11.9 Å². The van der Waals surface area contributed by atoms with Crippen molar-refractivity contribution in [2.24, 2.45) is 0 Å². The maximum Gasteiger partial charge on any atom is 0.416 e. The van der Waals surface area contributed by atoms with E-state index >= 15 is 0 Å². The maximum atomic E-state index is 13.4. The second-order valence-corrected chi connectivity index (χ2v) is 11.8. The summed E-state index contributed by atoms with van der Waals surface area (Å²) in [7, 11) is 0. The minimum atomic E-state index is -4.69. The van der Waals surface area contributed by atoms with Gasteiger partial charge in [-0.05, 0) is 57.9 Å². The van der Waals surface area contributed by atoms with Gasteiger partial charge in [0.25, 0.3) is 5.91 Å². The number of ether oxygens (including phenoxy) is 2. The van der Waals surface area contributed by atoms with E-state index in [1.54, 1.807) is 45.0 Å². The van der Waals surface area contributed by atoms with Crippen LogP contribution >= 0.6 is 0 Å². The van der Waals surface area contributed by atoms with Gasteiger partial charge in [0, 0.05) is 6.20 Å². The van der Waals surface area contributed by atoms with Crippen LogP contribution in [-0.2, 0) is 36.6 Å². The highest BCUT2D eigenvalue weighted by atomic mass is 19.4. The molecule has 0 spiro atoms. The van der Waals surface area contributed by atoms with E-state index in [2.05, 4.69) is 20.9 Å². The Balaban J connectivity index is 1.79. The van der Waals surface area contributed by atoms with Gasteiger partial charge in [0.1, 0.15) is 17.2 Å². The number of rotatable bonds is 12. The summed E-state index contributed by atoms with van der Waals surface area (Å²) in [5.41, 5.74) is -2.75. The normalized spacial score (nSPS) is 13.3. The molecule has 0 aliphatic rings. The van der Waals surface area contributed by atoms with Gasteiger partial charge in [-0.1, -0.05) is 42.5 Å². The average Bonchev–Trinajstić information content (AvgIpc) is 3.38. The first kappa shape index (κ1) is 35.6. The highest BCUT2D eigenvalue weighted by Gasteiger charge is 2.35. The third kappa shape index (κ3) is 10.3. The number of benzene rings is 2. The second-order valence-electron chi connectivity index (χ2n) is 11.8. The van der Waals surface area contributed by atoms with Crippen LogP contribution in [0, 0.1) is 0 Å². The molecular weight excluding hydrogens is 611 g/mol. The van der Waals surface area contributed by atoms with Crippen LogP contribution in [0.3, 0.4) is 0 Å². The number of aromatic nitrogens is 2. The molecule has 0 fully saturated rings. The van der Waals surface area contributed by atoms with Crippen LogP contribution in [0.25, 0.3) is 0 Å². The number of halogens is 3. The summed E-state index contributed by atoms with van der Waals surface area (Å²) >= 11 is 0. The predicted molar refractivity (Wildman–Crippen MR) is 160 cm³/mol. The third-order valence-electron chi connectivity index (χ3n) is 6.31. The molecule has 3 aromatic rings. The lowest BCUT2D eigenvalue weighted by Gasteiger charge is -2.29. The summed E-state index contributed by atoms with van der Waals surface area (Å²) < 4.78 is 51.7. The van der Waals surface area contributed by atoms with E-state index in [0.29, 0.717) is 0 Å². The Labute approximate surface area is 263 Å². The molecule has 0 aliphatic carbocycles. The largest absolute Gasteiger partial charge is 0.479 e. The predicted octanol–water partition coefficient (Wildman–Crippen LogP) is 4.52. The number of aliphatic carboxylic acids is 1. The van der Waals surface area contributed by atoms with Crippen LogP contribution in [0.5, 0.6) is 0 Å². The van der Waals surface area contributed by atoms with E-state index < -0.39 is 58.8 Å². The number of alkyl halides is 3. The topological polar surface area (TPSA) is 161 Å². The smallest absolute Gasteiger partial charge is 0.416 e. The van der Waals surface area contributed by atoms with Crippen LogP contribution in [0.2, 0.25) is 0 Å². The molecule has 0 radical (unpaired) electrons. The number of nitrogens with one attached hydrogen (secondary N) is 3. The van der Waals surface area contributed by atoms with E-state index in [0.717, 1.165) is 40.9 Å². The van der Waals surface area contributed by atoms with Crippen LogP contribution in [-0.4, -0.2) is 62.3 Å². The van der Waals surface area contributed by atoms with E-state index in [-0.39, 0.29) is 24.6 Å². The van der Waals surface area contributed by atoms with Crippen molar-refractivity contribution in [1.82, 2.24) is 20.2 Å². The minimum Gasteiger partial charge on any atom is -0.479 e. The Kier molecular flexibility index (Phi) is 11.2. The molecule has 4 N–H and O–H groups in total. The zero-order valence-corrected chi connectivity index (χ0v) is 25.8. The number of imidazole rings is 1. The summed E-state index contributed by atoms with van der Waals surface area (Å²) in [6, 6.07) is 9.98. The number of hydrogen-bond acceptors (Lipinski definition) is 7. The third-order valence-corrected chi connectivity index (χ3v) is 6.31. The van der Waals surface area contributed by atoms with Gasteiger partial charge < -0.3 is 35.1 Å². The van der Waals surface area contributed by atoms with Crippen molar-refractivity contribution in [2.45, 2.75) is 70.6 Å². The molecule has 0 saturated carbocycles. The summed E-state index contributed by atoms with van der Waals surface area (Å²) in [6.07, 6.45) is -3.36. The average molecular weight is 648 g/mol. The van der Waals surface area contributed by atoms with Crippen molar-refractivity contribution in [3.8, 4) is 0 Å². The van der Waals surface area contributed by atoms with Crippen LogP contribution in [0.4, 0.5) is 23.8 Å². The van der Waals surface area contributed by atoms with Crippen molar-refractivity contribution < 1.29 is 46.9 Å². The fourth-order valence-corrected chi connectivity index (χ4v) is 4.09. The van der Waals surface area contributed by atoms with Crippen LogP contribution in [0.15, 0.2) is 67.1 Å². The number of carboxylic acid groups (broad SMARTS) is 1. The van der Waals surface area contributed by atoms with Crippen molar-refractivity contribution in [3.05, 3.63) is 83.8 Å². The molecule has 46 heavy (non-hydrogen) atoms. The van der Waals surface area contributed by atoms with E-state index in [1.807, 2.05) is 6.07 Å². The quantitative estimate of drug-likeness (QED) is 0.223. The van der Waals surface area contributed by atoms with Gasteiger partial charge >= 0.3 is 18.2 Å². The molecule has 12 nitrogen and oxygen atoms in total. The molecular formula is C31H36F3N5O7. The zero-order chi connectivity index (χ0) is 34.3. The van der Waals surface area contributed by atoms with Gasteiger partial charge in [-0.2, -0.15) is 13.2 Å². The van der Waals surface area contributed by atoms with E-state index in [9.17, 15) is 37.5 Å². The number of nitrogens with zero attached hydrogens (tertiary/aromatic N) is 2. The molecule has 248 valence electrons. The van der Waals surface area contributed by atoms with Crippen molar-refractivity contribution in [3.63, 3.8) is 0 Å². The number of carboxylic acids is 1. The fourth-order valence-electron chi connectivity index (χ4n) is 4.09. The number of hydrogen-bond donors (Lipinski definition) is 4. The number of amides is 3. The molecule has 3 amide bonds. The van der Waals surface area contributed by atoms with Gasteiger partial charge in [-0.25, -0.2) is 14.6 Å². The summed E-state index contributed by atoms with van der Waals surface area (Å²) in [5, 5.41) is 17.3. The second kappa shape index (κ2) is 14.5. The van der Waals surface area contributed by atoms with Gasteiger partial charge in [-0.3, -0.25) is 9.59 Å². The van der Waals surface area contributed by atoms with Crippen molar-refractivity contribution >= 4 is 29.7 Å². The molecule has 2 unspecified atom stereocenters. The van der Waals surface area contributed by atoms with Gasteiger partial charge in [-0.15, -0.1) is 0 Å². The van der Waals surface area contributed by atoms with Gasteiger partial charge in [0.05, 0.1) is 25.1 Å². The monoisotopic (exact) mass is 647 g/mol. The zero-order valence-electron chi connectivity index (χ0n) is 25.8. The van der Waals surface area contributed by atoms with E-state index in [1.165, 1.54) is 19.9 Å². The van der Waals surface area contributed by atoms with E-state index in [4.69, 9.17) is 9.47 Å². The fraction of sp³-hybridized carbons (Fsp3) is 0.387. The SMILES string of the molecule is CC(C)(C)OC(=O)NC(C)(C)C(=O)NC(COCc1ccccc1)C(=O)Nc1cn(C(C(=O)O)c2cccc(C(F)(F)F)c2)cn1. The summed E-state index contributed by atoms with van der Waals surface area (Å²) in [6.45, 7) is 7.59. The summed E-state index contributed by atoms with van der Waals surface area (Å²) in [4.78, 5) is 55.0. The Bertz CT molecular complexity index is 1530. The minimum absolute atomic E-state index is 0.103. The Morgan fingerprint density at radius 2 is 1.65 bits per heavy atom. The highest BCUT2D eigenvalue weighted by molar-refractivity contribution is 5.98. The molecule has 0 saturated heterocycles. The lowest BCUT2D eigenvalue weighted by molar-refractivity contribution is -0.140. The lowest BCUT2D eigenvalue weighted by Crippen LogP contribution is -2.59. The van der Waals surface area contributed by atoms with Crippen LogP contribution < -0.4 is 16.0 Å². The molecule has 3 rings (SSSR count). The molecule has 0 bridgehead atoms. The number of carbonyl (C=O) groups is 4. The maximum absolute atomic E-state index is 13.4. The number of alkyl carbamates (subject to hydrolysis) is 1. The van der Waals surface area contributed by atoms with Gasteiger partial charge in [0.15, 0.2) is 11.9 Å². The Morgan fingerprint density at radius 3 is 2.26 bits per heavy atom. The summed E-state index contributed by atoms with van der Waals surface area (Å²) in [5.74, 6) is -3.15. The van der Waals surface area contributed by atoms with Crippen molar-refractivity contribution in [1.29, 1.82) is 0 Å². The number of carbonyl (C=O) groups excluding carboxylic acids is 3. The Hall–Kier alpha value is -4.92. The molecule has 1 aromatic heterocycles. The van der Waals surface area contributed by atoms with Gasteiger partial charge in [0.2, 0.25) is 5.91 Å². The first-order valence-electron chi connectivity index (χ1n) is 14.0. The molecule has 1 heterocycles.